The normalized spacial score (nSPS) is 26.0. The van der Waals surface area contributed by atoms with Crippen molar-refractivity contribution in [2.75, 3.05) is 13.6 Å². The number of carbonyl (C=O) groups is 1. The van der Waals surface area contributed by atoms with Crippen LogP contribution in [0.2, 0.25) is 4.82 Å². The topological polar surface area (TPSA) is 25.2 Å². The van der Waals surface area contributed by atoms with E-state index >= 15 is 0 Å². The van der Waals surface area contributed by atoms with Gasteiger partial charge in [-0.25, -0.2) is 0 Å². The van der Waals surface area contributed by atoms with E-state index in [1.165, 1.54) is 26.5 Å². The molecule has 4 heteroatoms. The first-order chi connectivity index (χ1) is 14.1. The van der Waals surface area contributed by atoms with Gasteiger partial charge in [0, 0.05) is 0 Å². The average Bonchev–Trinajstić information content (AvgIpc) is 2.98. The quantitative estimate of drug-likeness (QED) is 0.434. The standard InChI is InChI=1S/C25H26N2OSe/c1-4-16-15-26(2)24-22-18-12-8-9-13-20(18)27(3)23(22)21(28)14-19(16)25(24)29-17-10-6-5-7-11-17/h4-13,19,24-25H,14-15H2,1-3H3/b16-4-/t19-,24-,25?/m0/s1. The number of piperidine rings is 1. The number of likely N-dealkylation sites (N-methyl/N-ethyl adjacent to an activating group) is 1. The van der Waals surface area contributed by atoms with Crippen molar-refractivity contribution in [1.82, 2.24) is 9.47 Å². The molecular weight excluding hydrogens is 423 g/mol. The van der Waals surface area contributed by atoms with Crippen LogP contribution in [0.1, 0.15) is 35.4 Å². The molecule has 1 saturated heterocycles. The molecule has 2 heterocycles. The maximum absolute atomic E-state index is 13.5. The minimum atomic E-state index is 0.274. The van der Waals surface area contributed by atoms with Crippen LogP contribution in [-0.4, -0.2) is 43.8 Å². The molecule has 0 spiro atoms. The second-order valence-electron chi connectivity index (χ2n) is 8.19. The summed E-state index contributed by atoms with van der Waals surface area (Å²) in [6, 6.07) is 19.7. The molecule has 29 heavy (non-hydrogen) atoms. The number of carbonyl (C=O) groups excluding carboxylic acids is 1. The molecule has 1 aromatic heterocycles. The van der Waals surface area contributed by atoms with Crippen LogP contribution in [0.25, 0.3) is 10.9 Å². The molecular formula is C25H26N2OSe. The van der Waals surface area contributed by atoms with E-state index < -0.39 is 0 Å². The number of hydrogen-bond donors (Lipinski definition) is 0. The number of fused-ring (bicyclic) bond motifs is 6. The number of rotatable bonds is 2. The van der Waals surface area contributed by atoms with E-state index in [2.05, 4.69) is 91.2 Å². The van der Waals surface area contributed by atoms with Gasteiger partial charge < -0.3 is 0 Å². The Morgan fingerprint density at radius 3 is 2.52 bits per heavy atom. The SMILES string of the molecule is C/C=C1/CN(C)[C@H]2c3c(n(C)c4ccccc34)C(=O)C[C@@H]1C2[Se]c1ccccc1. The summed E-state index contributed by atoms with van der Waals surface area (Å²) in [6.45, 7) is 3.08. The Kier molecular flexibility index (Phi) is 4.74. The van der Waals surface area contributed by atoms with Crippen LogP contribution in [0.3, 0.4) is 0 Å². The van der Waals surface area contributed by atoms with E-state index in [-0.39, 0.29) is 6.04 Å². The Bertz CT molecular complexity index is 1110. The first-order valence-corrected chi connectivity index (χ1v) is 12.1. The van der Waals surface area contributed by atoms with E-state index in [9.17, 15) is 4.79 Å². The van der Waals surface area contributed by atoms with Crippen molar-refractivity contribution < 1.29 is 4.79 Å². The van der Waals surface area contributed by atoms with Gasteiger partial charge in [-0.3, -0.25) is 0 Å². The number of aromatic nitrogens is 1. The maximum atomic E-state index is 13.5. The van der Waals surface area contributed by atoms with Crippen molar-refractivity contribution in [2.45, 2.75) is 24.2 Å². The fourth-order valence-electron chi connectivity index (χ4n) is 5.28. The third-order valence-corrected chi connectivity index (χ3v) is 9.53. The predicted molar refractivity (Wildman–Crippen MR) is 120 cm³/mol. The molecule has 148 valence electrons. The summed E-state index contributed by atoms with van der Waals surface area (Å²) < 4.78 is 3.56. The van der Waals surface area contributed by atoms with Gasteiger partial charge in [0.05, 0.1) is 0 Å². The van der Waals surface area contributed by atoms with E-state index in [4.69, 9.17) is 0 Å². The number of benzene rings is 2. The fourth-order valence-corrected chi connectivity index (χ4v) is 8.50. The summed E-state index contributed by atoms with van der Waals surface area (Å²) in [5, 5.41) is 1.24. The number of aryl methyl sites for hydroxylation is 1. The van der Waals surface area contributed by atoms with Gasteiger partial charge in [0.25, 0.3) is 0 Å². The molecule has 2 aromatic carbocycles. The molecule has 3 atom stereocenters. The molecule has 3 nitrogen and oxygen atoms in total. The second kappa shape index (κ2) is 7.28. The number of ketones is 1. The van der Waals surface area contributed by atoms with Crippen molar-refractivity contribution in [2.24, 2.45) is 13.0 Å². The minimum absolute atomic E-state index is 0.274. The molecule has 1 unspecified atom stereocenters. The molecule has 1 fully saturated rings. The van der Waals surface area contributed by atoms with Crippen molar-refractivity contribution in [3.63, 3.8) is 0 Å². The number of hydrogen-bond acceptors (Lipinski definition) is 2. The van der Waals surface area contributed by atoms with Crippen molar-refractivity contribution in [3.8, 4) is 0 Å². The molecule has 5 rings (SSSR count). The molecule has 2 bridgehead atoms. The Labute approximate surface area is 178 Å². The molecule has 3 aromatic rings. The van der Waals surface area contributed by atoms with Gasteiger partial charge in [0.15, 0.2) is 0 Å². The molecule has 1 aliphatic carbocycles. The summed E-state index contributed by atoms with van der Waals surface area (Å²) in [4.78, 5) is 16.5. The third-order valence-electron chi connectivity index (χ3n) is 6.59. The first-order valence-electron chi connectivity index (χ1n) is 10.3. The van der Waals surface area contributed by atoms with Gasteiger partial charge in [-0.05, 0) is 0 Å². The molecule has 0 N–H and O–H groups in total. The van der Waals surface area contributed by atoms with E-state index in [1.54, 1.807) is 0 Å². The van der Waals surface area contributed by atoms with E-state index in [1.807, 2.05) is 0 Å². The second-order valence-corrected chi connectivity index (χ2v) is 10.8. The fraction of sp³-hybridized carbons (Fsp3) is 0.320. The number of Topliss-reactive ketones (excluding diaryl/α,β-unsaturated/α-hetero) is 1. The predicted octanol–water partition coefficient (Wildman–Crippen LogP) is 4.13. The average molecular weight is 449 g/mol. The van der Waals surface area contributed by atoms with Crippen molar-refractivity contribution in [1.29, 1.82) is 0 Å². The zero-order valence-corrected chi connectivity index (χ0v) is 18.8. The molecule has 0 amide bonds. The number of likely N-dealkylation sites (tertiary alicyclic amines) is 1. The van der Waals surface area contributed by atoms with Crippen molar-refractivity contribution >= 4 is 36.1 Å². The monoisotopic (exact) mass is 450 g/mol. The summed E-state index contributed by atoms with van der Waals surface area (Å²) >= 11 is 0.290. The molecule has 0 radical (unpaired) electrons. The number of nitrogens with zero attached hydrogens (tertiary/aromatic N) is 2. The third kappa shape index (κ3) is 2.93. The Balaban J connectivity index is 1.75. The Morgan fingerprint density at radius 2 is 1.76 bits per heavy atom. The van der Waals surface area contributed by atoms with Gasteiger partial charge in [-0.1, -0.05) is 0 Å². The van der Waals surface area contributed by atoms with E-state index in [0.717, 1.165) is 12.2 Å². The molecule has 0 saturated carbocycles. The van der Waals surface area contributed by atoms with Gasteiger partial charge in [0.2, 0.25) is 0 Å². The van der Waals surface area contributed by atoms with Crippen LogP contribution in [-0.2, 0) is 7.05 Å². The molecule has 1 aliphatic heterocycles. The van der Waals surface area contributed by atoms with Crippen LogP contribution < -0.4 is 4.46 Å². The van der Waals surface area contributed by atoms with E-state index in [0.29, 0.717) is 37.9 Å². The Hall–Kier alpha value is -2.13. The number of allylic oxidation sites excluding steroid dienone is 1. The van der Waals surface area contributed by atoms with Gasteiger partial charge in [0.1, 0.15) is 0 Å². The van der Waals surface area contributed by atoms with Crippen LogP contribution in [0.4, 0.5) is 0 Å². The van der Waals surface area contributed by atoms with Crippen LogP contribution in [0, 0.1) is 5.92 Å². The van der Waals surface area contributed by atoms with Gasteiger partial charge in [-0.2, -0.15) is 0 Å². The zero-order valence-electron chi connectivity index (χ0n) is 17.1. The van der Waals surface area contributed by atoms with Gasteiger partial charge in [-0.15, -0.1) is 0 Å². The zero-order chi connectivity index (χ0) is 20.1. The summed E-state index contributed by atoms with van der Waals surface area (Å²) in [5.41, 5.74) is 4.78. The number of para-hydroxylation sites is 1. The first kappa shape index (κ1) is 18.9. The van der Waals surface area contributed by atoms with Crippen molar-refractivity contribution in [3.05, 3.63) is 77.5 Å². The summed E-state index contributed by atoms with van der Waals surface area (Å²) in [6.07, 6.45) is 2.88. The Morgan fingerprint density at radius 1 is 1.03 bits per heavy atom. The van der Waals surface area contributed by atoms with Crippen LogP contribution >= 0.6 is 0 Å². The van der Waals surface area contributed by atoms with Crippen LogP contribution in [0.5, 0.6) is 0 Å². The van der Waals surface area contributed by atoms with Gasteiger partial charge >= 0.3 is 179 Å². The van der Waals surface area contributed by atoms with Crippen LogP contribution in [0.15, 0.2) is 66.2 Å². The summed E-state index contributed by atoms with van der Waals surface area (Å²) in [7, 11) is 4.29. The molecule has 2 aliphatic rings. The summed E-state index contributed by atoms with van der Waals surface area (Å²) in [5.74, 6) is 0.634.